The van der Waals surface area contributed by atoms with Crippen LogP contribution < -0.4 is 4.74 Å². The van der Waals surface area contributed by atoms with Crippen molar-refractivity contribution >= 4 is 17.8 Å². The molecule has 0 amide bonds. The number of hydrogen-bond donors (Lipinski definition) is 0. The van der Waals surface area contributed by atoms with Crippen LogP contribution in [-0.2, 0) is 9.53 Å². The van der Waals surface area contributed by atoms with Crippen molar-refractivity contribution in [3.63, 3.8) is 0 Å². The third kappa shape index (κ3) is 3.57. The highest BCUT2D eigenvalue weighted by atomic mass is 16.5. The number of carbonyl (C=O) groups excluding carboxylic acids is 1. The highest BCUT2D eigenvalue weighted by Crippen LogP contribution is 2.32. The summed E-state index contributed by atoms with van der Waals surface area (Å²) < 4.78 is 11.0. The summed E-state index contributed by atoms with van der Waals surface area (Å²) in [5.41, 5.74) is 5.82. The second kappa shape index (κ2) is 7.20. The molecule has 0 radical (unpaired) electrons. The lowest BCUT2D eigenvalue weighted by atomic mass is 9.95. The van der Waals surface area contributed by atoms with Crippen molar-refractivity contribution in [3.8, 4) is 5.75 Å². The van der Waals surface area contributed by atoms with Crippen LogP contribution >= 0.6 is 0 Å². The zero-order valence-electron chi connectivity index (χ0n) is 15.9. The van der Waals surface area contributed by atoms with Crippen LogP contribution in [0, 0.1) is 13.8 Å². The Morgan fingerprint density at radius 3 is 2.38 bits per heavy atom. The van der Waals surface area contributed by atoms with Gasteiger partial charge in [0.2, 0.25) is 0 Å². The van der Waals surface area contributed by atoms with Gasteiger partial charge in [-0.2, -0.15) is 0 Å². The Balaban J connectivity index is 2.00. The van der Waals surface area contributed by atoms with Gasteiger partial charge in [-0.05, 0) is 60.7 Å². The summed E-state index contributed by atoms with van der Waals surface area (Å²) in [7, 11) is 1.68. The first-order chi connectivity index (χ1) is 12.4. The Morgan fingerprint density at radius 2 is 1.77 bits per heavy atom. The molecule has 3 heteroatoms. The molecule has 0 aliphatic carbocycles. The molecule has 0 saturated heterocycles. The minimum atomic E-state index is -0.318. The molecular weight excluding hydrogens is 324 g/mol. The van der Waals surface area contributed by atoms with Crippen molar-refractivity contribution in [2.45, 2.75) is 33.6 Å². The van der Waals surface area contributed by atoms with Gasteiger partial charge in [0, 0.05) is 5.56 Å². The molecule has 0 aromatic heterocycles. The fraction of sp³-hybridized carbons (Fsp3) is 0.261. The molecule has 2 aromatic carbocycles. The SMILES string of the molecule is COc1cc(C)c(/C=C2\C=C(c3ccc(C)cc3)OC2=O)cc1C(C)C. The van der Waals surface area contributed by atoms with Gasteiger partial charge >= 0.3 is 5.97 Å². The van der Waals surface area contributed by atoms with E-state index in [0.29, 0.717) is 17.3 Å². The lowest BCUT2D eigenvalue weighted by Crippen LogP contribution is -1.99. The zero-order chi connectivity index (χ0) is 18.8. The van der Waals surface area contributed by atoms with E-state index in [1.807, 2.05) is 56.3 Å². The smallest absolute Gasteiger partial charge is 0.343 e. The quantitative estimate of drug-likeness (QED) is 0.547. The molecule has 3 nitrogen and oxygen atoms in total. The molecule has 2 aromatic rings. The molecular formula is C23H24O3. The summed E-state index contributed by atoms with van der Waals surface area (Å²) >= 11 is 0. The first kappa shape index (κ1) is 18.0. The molecule has 0 unspecified atom stereocenters. The predicted octanol–water partition coefficient (Wildman–Crippen LogP) is 5.42. The molecule has 0 atom stereocenters. The molecule has 0 N–H and O–H groups in total. The summed E-state index contributed by atoms with van der Waals surface area (Å²) in [4.78, 5) is 12.3. The molecule has 0 spiro atoms. The fourth-order valence-electron chi connectivity index (χ4n) is 3.02. The molecule has 0 fully saturated rings. The number of methoxy groups -OCH3 is 1. The van der Waals surface area contributed by atoms with Crippen LogP contribution in [0.2, 0.25) is 0 Å². The molecule has 26 heavy (non-hydrogen) atoms. The third-order valence-corrected chi connectivity index (χ3v) is 4.61. The summed E-state index contributed by atoms with van der Waals surface area (Å²) in [5, 5.41) is 0. The second-order valence-electron chi connectivity index (χ2n) is 6.97. The van der Waals surface area contributed by atoms with Gasteiger partial charge in [-0.25, -0.2) is 4.79 Å². The van der Waals surface area contributed by atoms with Gasteiger partial charge in [0.05, 0.1) is 12.7 Å². The number of esters is 1. The minimum Gasteiger partial charge on any atom is -0.496 e. The fourth-order valence-corrected chi connectivity index (χ4v) is 3.02. The Morgan fingerprint density at radius 1 is 1.08 bits per heavy atom. The van der Waals surface area contributed by atoms with Gasteiger partial charge < -0.3 is 9.47 Å². The Bertz CT molecular complexity index is 900. The van der Waals surface area contributed by atoms with Crippen molar-refractivity contribution in [1.82, 2.24) is 0 Å². The average molecular weight is 348 g/mol. The Hall–Kier alpha value is -2.81. The maximum Gasteiger partial charge on any atom is 0.343 e. The monoisotopic (exact) mass is 348 g/mol. The maximum absolute atomic E-state index is 12.3. The van der Waals surface area contributed by atoms with E-state index in [1.165, 1.54) is 5.56 Å². The topological polar surface area (TPSA) is 35.5 Å². The van der Waals surface area contributed by atoms with E-state index in [0.717, 1.165) is 28.0 Å². The van der Waals surface area contributed by atoms with Crippen LogP contribution in [0.25, 0.3) is 11.8 Å². The first-order valence-corrected chi connectivity index (χ1v) is 8.80. The summed E-state index contributed by atoms with van der Waals surface area (Å²) in [6.07, 6.45) is 3.70. The zero-order valence-corrected chi connectivity index (χ0v) is 15.9. The largest absolute Gasteiger partial charge is 0.496 e. The molecule has 1 aliphatic heterocycles. The average Bonchev–Trinajstić information content (AvgIpc) is 2.97. The van der Waals surface area contributed by atoms with Crippen LogP contribution in [0.3, 0.4) is 0 Å². The van der Waals surface area contributed by atoms with Gasteiger partial charge in [-0.3, -0.25) is 0 Å². The van der Waals surface area contributed by atoms with Gasteiger partial charge in [-0.1, -0.05) is 43.7 Å². The Kier molecular flexibility index (Phi) is 4.99. The maximum atomic E-state index is 12.3. The van der Waals surface area contributed by atoms with E-state index in [2.05, 4.69) is 19.9 Å². The molecule has 0 saturated carbocycles. The molecule has 134 valence electrons. The molecule has 1 aliphatic rings. The van der Waals surface area contributed by atoms with Crippen LogP contribution in [0.5, 0.6) is 5.75 Å². The van der Waals surface area contributed by atoms with E-state index in [-0.39, 0.29) is 5.97 Å². The van der Waals surface area contributed by atoms with E-state index < -0.39 is 0 Å². The van der Waals surface area contributed by atoms with Gasteiger partial charge in [0.15, 0.2) is 0 Å². The van der Waals surface area contributed by atoms with E-state index in [4.69, 9.17) is 9.47 Å². The van der Waals surface area contributed by atoms with Gasteiger partial charge in [0.25, 0.3) is 0 Å². The number of carbonyl (C=O) groups is 1. The highest BCUT2D eigenvalue weighted by molar-refractivity contribution is 6.05. The Labute approximate surface area is 155 Å². The number of rotatable bonds is 4. The van der Waals surface area contributed by atoms with Crippen molar-refractivity contribution in [2.24, 2.45) is 0 Å². The number of ether oxygens (including phenoxy) is 2. The third-order valence-electron chi connectivity index (χ3n) is 4.61. The highest BCUT2D eigenvalue weighted by Gasteiger charge is 2.22. The second-order valence-corrected chi connectivity index (χ2v) is 6.97. The van der Waals surface area contributed by atoms with E-state index >= 15 is 0 Å². The van der Waals surface area contributed by atoms with Crippen LogP contribution in [0.4, 0.5) is 0 Å². The summed E-state index contributed by atoms with van der Waals surface area (Å²) in [6.45, 7) is 8.31. The van der Waals surface area contributed by atoms with Crippen LogP contribution in [0.15, 0.2) is 48.0 Å². The predicted molar refractivity (Wildman–Crippen MR) is 105 cm³/mol. The van der Waals surface area contributed by atoms with E-state index in [1.54, 1.807) is 7.11 Å². The lowest BCUT2D eigenvalue weighted by molar-refractivity contribution is -0.130. The molecule has 1 heterocycles. The van der Waals surface area contributed by atoms with Crippen molar-refractivity contribution in [1.29, 1.82) is 0 Å². The van der Waals surface area contributed by atoms with Crippen LogP contribution in [0.1, 0.15) is 47.6 Å². The van der Waals surface area contributed by atoms with Crippen molar-refractivity contribution in [3.05, 3.63) is 75.9 Å². The number of cyclic esters (lactones) is 1. The number of hydrogen-bond acceptors (Lipinski definition) is 3. The van der Waals surface area contributed by atoms with Crippen molar-refractivity contribution in [2.75, 3.05) is 7.11 Å². The number of benzene rings is 2. The summed E-state index contributed by atoms with van der Waals surface area (Å²) in [5.74, 6) is 1.49. The van der Waals surface area contributed by atoms with Gasteiger partial charge in [0.1, 0.15) is 11.5 Å². The molecule has 3 rings (SSSR count). The molecule has 0 bridgehead atoms. The normalized spacial score (nSPS) is 15.4. The lowest BCUT2D eigenvalue weighted by Gasteiger charge is -2.14. The standard InChI is InChI=1S/C23H24O3/c1-14(2)20-12-18(16(4)10-22(20)25-5)11-19-13-21(26-23(19)24)17-8-6-15(3)7-9-17/h6-14H,1-5H3/b19-11+. The van der Waals surface area contributed by atoms with Crippen molar-refractivity contribution < 1.29 is 14.3 Å². The number of aryl methyl sites for hydroxylation is 2. The van der Waals surface area contributed by atoms with Gasteiger partial charge in [-0.15, -0.1) is 0 Å². The summed E-state index contributed by atoms with van der Waals surface area (Å²) in [6, 6.07) is 12.1. The van der Waals surface area contributed by atoms with E-state index in [9.17, 15) is 4.79 Å². The minimum absolute atomic E-state index is 0.318. The first-order valence-electron chi connectivity index (χ1n) is 8.80. The van der Waals surface area contributed by atoms with Crippen LogP contribution in [-0.4, -0.2) is 13.1 Å².